The fraction of sp³-hybridized carbons (Fsp3) is 0. The maximum atomic E-state index is 9.24. The van der Waals surface area contributed by atoms with Crippen LogP contribution in [0.4, 0.5) is 11.5 Å². The summed E-state index contributed by atoms with van der Waals surface area (Å²) in [7, 11) is 0. The zero-order valence-corrected chi connectivity index (χ0v) is 14.1. The fourth-order valence-electron chi connectivity index (χ4n) is 2.39. The summed E-state index contributed by atoms with van der Waals surface area (Å²) in [6, 6.07) is 14.0. The van der Waals surface area contributed by atoms with Crippen LogP contribution in [-0.4, -0.2) is 14.6 Å². The molecule has 0 bridgehead atoms. The Morgan fingerprint density at radius 3 is 2.87 bits per heavy atom. The van der Waals surface area contributed by atoms with Crippen molar-refractivity contribution in [2.24, 2.45) is 0 Å². The van der Waals surface area contributed by atoms with E-state index in [2.05, 4.69) is 37.4 Å². The van der Waals surface area contributed by atoms with Gasteiger partial charge in [0.1, 0.15) is 17.3 Å². The lowest BCUT2D eigenvalue weighted by molar-refractivity contribution is 0.980. The molecule has 1 aromatic carbocycles. The predicted octanol–water partition coefficient (Wildman–Crippen LogP) is 4.77. The van der Waals surface area contributed by atoms with Crippen molar-refractivity contribution in [1.82, 2.24) is 14.6 Å². The van der Waals surface area contributed by atoms with Crippen molar-refractivity contribution in [3.05, 3.63) is 58.0 Å². The minimum Gasteiger partial charge on any atom is -0.337 e. The molecule has 4 aromatic rings. The number of halogens is 1. The van der Waals surface area contributed by atoms with Gasteiger partial charge in [-0.15, -0.1) is 11.3 Å². The van der Waals surface area contributed by atoms with E-state index in [0.29, 0.717) is 11.2 Å². The first kappa shape index (κ1) is 14.1. The minimum absolute atomic E-state index is 0.517. The van der Waals surface area contributed by atoms with Gasteiger partial charge in [-0.3, -0.25) is 5.10 Å². The number of anilines is 2. The van der Waals surface area contributed by atoms with Gasteiger partial charge >= 0.3 is 0 Å². The summed E-state index contributed by atoms with van der Waals surface area (Å²) in [6.45, 7) is 0. The number of aromatic nitrogens is 3. The molecule has 7 heteroatoms. The van der Waals surface area contributed by atoms with E-state index in [1.165, 1.54) is 0 Å². The number of imidazole rings is 1. The van der Waals surface area contributed by atoms with Crippen LogP contribution in [0.1, 0.15) is 5.56 Å². The first-order valence-electron chi connectivity index (χ1n) is 6.83. The highest BCUT2D eigenvalue weighted by Gasteiger charge is 2.19. The lowest BCUT2D eigenvalue weighted by Gasteiger charge is -2.08. The summed E-state index contributed by atoms with van der Waals surface area (Å²) in [5, 5.41) is 17.7. The standard InChI is InChI=1S/C16H10BrN5S/c17-11-4-1-2-5-12(11)20-16-14(13-6-3-7-23-13)21-15-10(8-18)9-19-22(15)16/h1-7,9,19-20H. The molecule has 0 amide bonds. The molecule has 0 aliphatic carbocycles. The van der Waals surface area contributed by atoms with Crippen LogP contribution in [0, 0.1) is 11.3 Å². The van der Waals surface area contributed by atoms with Crippen LogP contribution in [-0.2, 0) is 0 Å². The molecule has 112 valence electrons. The van der Waals surface area contributed by atoms with Crippen LogP contribution < -0.4 is 5.32 Å². The average Bonchev–Trinajstić information content (AvgIpc) is 3.26. The molecule has 2 N–H and O–H groups in total. The van der Waals surface area contributed by atoms with E-state index in [9.17, 15) is 5.26 Å². The second-order valence-electron chi connectivity index (χ2n) is 4.85. The van der Waals surface area contributed by atoms with Gasteiger partial charge in [0, 0.05) is 10.7 Å². The van der Waals surface area contributed by atoms with E-state index in [-0.39, 0.29) is 0 Å². The normalized spacial score (nSPS) is 10.8. The zero-order valence-electron chi connectivity index (χ0n) is 11.7. The van der Waals surface area contributed by atoms with Crippen molar-refractivity contribution >= 4 is 44.4 Å². The Bertz CT molecular complexity index is 1020. The number of H-pyrrole nitrogens is 1. The molecule has 0 aliphatic heterocycles. The van der Waals surface area contributed by atoms with Crippen LogP contribution in [0.15, 0.2) is 52.4 Å². The van der Waals surface area contributed by atoms with Crippen molar-refractivity contribution < 1.29 is 0 Å². The second kappa shape index (κ2) is 5.57. The van der Waals surface area contributed by atoms with Gasteiger partial charge in [-0.1, -0.05) is 18.2 Å². The molecule has 3 heterocycles. The van der Waals surface area contributed by atoms with Gasteiger partial charge in [0.25, 0.3) is 0 Å². The quantitative estimate of drug-likeness (QED) is 0.535. The number of nitrogens with one attached hydrogen (secondary N) is 2. The number of thiophene rings is 1. The molecule has 0 saturated heterocycles. The maximum Gasteiger partial charge on any atom is 0.173 e. The molecule has 4 rings (SSSR count). The van der Waals surface area contributed by atoms with Gasteiger partial charge in [-0.25, -0.2) is 9.50 Å². The number of nitriles is 1. The molecule has 0 fully saturated rings. The van der Waals surface area contributed by atoms with Crippen LogP contribution in [0.3, 0.4) is 0 Å². The molecule has 0 atom stereocenters. The number of rotatable bonds is 3. The highest BCUT2D eigenvalue weighted by Crippen LogP contribution is 2.35. The summed E-state index contributed by atoms with van der Waals surface area (Å²) in [5.74, 6) is 0.802. The second-order valence-corrected chi connectivity index (χ2v) is 6.65. The van der Waals surface area contributed by atoms with E-state index in [0.717, 1.165) is 26.5 Å². The van der Waals surface area contributed by atoms with Crippen LogP contribution in [0.25, 0.3) is 16.2 Å². The van der Waals surface area contributed by atoms with E-state index in [4.69, 9.17) is 0 Å². The monoisotopic (exact) mass is 383 g/mol. The Morgan fingerprint density at radius 2 is 2.13 bits per heavy atom. The minimum atomic E-state index is 0.517. The van der Waals surface area contributed by atoms with Gasteiger partial charge < -0.3 is 5.32 Å². The number of para-hydroxylation sites is 1. The van der Waals surface area contributed by atoms with Gasteiger partial charge in [0.05, 0.1) is 10.6 Å². The third-order valence-corrected chi connectivity index (χ3v) is 5.03. The Balaban J connectivity index is 1.93. The summed E-state index contributed by atoms with van der Waals surface area (Å²) in [5.41, 5.74) is 2.88. The molecule has 23 heavy (non-hydrogen) atoms. The number of benzene rings is 1. The molecule has 0 saturated carbocycles. The third-order valence-electron chi connectivity index (χ3n) is 3.46. The Labute approximate surface area is 144 Å². The Kier molecular flexibility index (Phi) is 3.41. The number of hydrogen-bond donors (Lipinski definition) is 2. The lowest BCUT2D eigenvalue weighted by atomic mass is 10.3. The molecule has 0 spiro atoms. The van der Waals surface area contributed by atoms with Gasteiger partial charge in [-0.2, -0.15) is 5.26 Å². The molecule has 0 aliphatic rings. The highest BCUT2D eigenvalue weighted by atomic mass is 79.9. The number of nitrogens with zero attached hydrogens (tertiary/aromatic N) is 3. The molecular weight excluding hydrogens is 374 g/mol. The molecule has 5 nitrogen and oxygen atoms in total. The first-order valence-corrected chi connectivity index (χ1v) is 8.50. The molecule has 3 aromatic heterocycles. The van der Waals surface area contributed by atoms with Crippen molar-refractivity contribution in [3.63, 3.8) is 0 Å². The Morgan fingerprint density at radius 1 is 1.26 bits per heavy atom. The maximum absolute atomic E-state index is 9.24. The SMILES string of the molecule is N#Cc1c[nH]n2c(Nc3ccccc3Br)c(-c3cccs3)nc12. The van der Waals surface area contributed by atoms with Crippen LogP contribution in [0.2, 0.25) is 0 Å². The topological polar surface area (TPSA) is 68.9 Å². The number of aromatic amines is 1. The van der Waals surface area contributed by atoms with Crippen LogP contribution in [0.5, 0.6) is 0 Å². The van der Waals surface area contributed by atoms with E-state index < -0.39 is 0 Å². The lowest BCUT2D eigenvalue weighted by Crippen LogP contribution is -1.97. The van der Waals surface area contributed by atoms with E-state index in [1.807, 2.05) is 41.8 Å². The summed E-state index contributed by atoms with van der Waals surface area (Å²) in [4.78, 5) is 5.70. The average molecular weight is 384 g/mol. The van der Waals surface area contributed by atoms with Crippen molar-refractivity contribution in [3.8, 4) is 16.6 Å². The van der Waals surface area contributed by atoms with Gasteiger partial charge in [0.2, 0.25) is 0 Å². The highest BCUT2D eigenvalue weighted by molar-refractivity contribution is 9.10. The first-order chi connectivity index (χ1) is 11.3. The van der Waals surface area contributed by atoms with Gasteiger partial charge in [0.15, 0.2) is 11.5 Å². The predicted molar refractivity (Wildman–Crippen MR) is 95.0 cm³/mol. The zero-order chi connectivity index (χ0) is 15.8. The van der Waals surface area contributed by atoms with Gasteiger partial charge in [-0.05, 0) is 39.5 Å². The van der Waals surface area contributed by atoms with Crippen molar-refractivity contribution in [2.45, 2.75) is 0 Å². The summed E-state index contributed by atoms with van der Waals surface area (Å²) < 4.78 is 2.76. The smallest absolute Gasteiger partial charge is 0.173 e. The number of fused-ring (bicyclic) bond motifs is 1. The third kappa shape index (κ3) is 2.32. The Hall–Kier alpha value is -2.56. The van der Waals surface area contributed by atoms with Crippen molar-refractivity contribution in [2.75, 3.05) is 5.32 Å². The van der Waals surface area contributed by atoms with E-state index >= 15 is 0 Å². The molecule has 0 radical (unpaired) electrons. The molecular formula is C16H10BrN5S. The van der Waals surface area contributed by atoms with Crippen molar-refractivity contribution in [1.29, 1.82) is 5.26 Å². The molecule has 0 unspecified atom stereocenters. The summed E-state index contributed by atoms with van der Waals surface area (Å²) >= 11 is 5.16. The summed E-state index contributed by atoms with van der Waals surface area (Å²) in [6.07, 6.45) is 1.66. The largest absolute Gasteiger partial charge is 0.337 e. The van der Waals surface area contributed by atoms with E-state index in [1.54, 1.807) is 22.0 Å². The number of hydrogen-bond acceptors (Lipinski definition) is 4. The fourth-order valence-corrected chi connectivity index (χ4v) is 3.49. The van der Waals surface area contributed by atoms with Crippen LogP contribution >= 0.6 is 27.3 Å².